The highest BCUT2D eigenvalue weighted by atomic mass is 127. The second kappa shape index (κ2) is 31.1. The van der Waals surface area contributed by atoms with Gasteiger partial charge in [-0.2, -0.15) is 0 Å². The molecule has 8 nitrogen and oxygen atoms in total. The number of methoxy groups -OCH3 is 1. The Bertz CT molecular complexity index is 1290. The minimum absolute atomic E-state index is 0.300. The highest BCUT2D eigenvalue weighted by molar-refractivity contribution is 14.1. The predicted molar refractivity (Wildman–Crippen MR) is 272 cm³/mol. The summed E-state index contributed by atoms with van der Waals surface area (Å²) in [7, 11) is 1.57. The first-order chi connectivity index (χ1) is 26.7. The molecule has 1 aliphatic heterocycles. The summed E-state index contributed by atoms with van der Waals surface area (Å²) in [4.78, 5) is 0. The number of aliphatic hydroxyl groups excluding tert-OH is 2. The summed E-state index contributed by atoms with van der Waals surface area (Å²) >= 11 is 14.1. The van der Waals surface area contributed by atoms with Crippen LogP contribution in [0.4, 0.5) is 0 Å². The van der Waals surface area contributed by atoms with E-state index in [1.807, 2.05) is 0 Å². The van der Waals surface area contributed by atoms with Crippen molar-refractivity contribution in [3.05, 3.63) is 45.7 Å². The zero-order chi connectivity index (χ0) is 39.8. The Morgan fingerprint density at radius 2 is 0.836 bits per heavy atom. The van der Waals surface area contributed by atoms with Crippen molar-refractivity contribution in [2.24, 2.45) is 0 Å². The van der Waals surface area contributed by atoms with Gasteiger partial charge in [0.15, 0.2) is 6.29 Å². The molecule has 0 radical (unpaired) electrons. The molecule has 0 amide bonds. The number of ether oxygens (including phenoxy) is 6. The normalized spacial score (nSPS) is 19.9. The summed E-state index contributed by atoms with van der Waals surface area (Å²) < 4.78 is 43.3. The number of benzene rings is 2. The molecule has 55 heavy (non-hydrogen) atoms. The second-order valence-corrected chi connectivity index (χ2v) is 21.2. The van der Waals surface area contributed by atoms with Gasteiger partial charge in [0.2, 0.25) is 0 Å². The molecular formula is C41H60I6O8. The molecule has 0 aliphatic carbocycles. The number of hydrogen-bond acceptors (Lipinski definition) is 8. The molecule has 0 saturated carbocycles. The summed E-state index contributed by atoms with van der Waals surface area (Å²) in [6.07, 6.45) is 17.4. The van der Waals surface area contributed by atoms with Crippen molar-refractivity contribution in [3.63, 3.8) is 0 Å². The minimum atomic E-state index is -0.975. The number of unbranched alkanes of at least 4 members (excludes halogenated alkanes) is 16. The van der Waals surface area contributed by atoms with Gasteiger partial charge in [0.25, 0.3) is 0 Å². The fourth-order valence-corrected chi connectivity index (χ4v) is 14.4. The molecular weight excluding hydrogens is 1380 g/mol. The van der Waals surface area contributed by atoms with E-state index < -0.39 is 30.7 Å². The van der Waals surface area contributed by atoms with Gasteiger partial charge in [0.05, 0.1) is 34.1 Å². The van der Waals surface area contributed by atoms with Gasteiger partial charge in [-0.1, -0.05) is 89.9 Å². The van der Waals surface area contributed by atoms with Gasteiger partial charge in [-0.05, 0) is 185 Å². The van der Waals surface area contributed by atoms with Crippen LogP contribution in [0.5, 0.6) is 11.5 Å². The molecule has 1 saturated heterocycles. The Morgan fingerprint density at radius 1 is 0.509 bits per heavy atom. The molecule has 14 heteroatoms. The molecule has 2 aromatic carbocycles. The van der Waals surface area contributed by atoms with Crippen LogP contribution in [0, 0.1) is 21.4 Å². The maximum Gasteiger partial charge on any atom is 0.186 e. The van der Waals surface area contributed by atoms with Crippen LogP contribution in [0.2, 0.25) is 0 Å². The summed E-state index contributed by atoms with van der Waals surface area (Å²) in [6.45, 7) is 2.34. The SMILES string of the molecule is COC1OC(CO)C(O)C(OCCCCCCCCCCCOc2c(I)cc(I)cc2I)C1OCCCCCCCCCCCOc1c(I)cc(I)cc1I. The van der Waals surface area contributed by atoms with Crippen LogP contribution >= 0.6 is 136 Å². The highest BCUT2D eigenvalue weighted by Crippen LogP contribution is 2.31. The summed E-state index contributed by atoms with van der Waals surface area (Å²) in [5.41, 5.74) is 0. The first-order valence-electron chi connectivity index (χ1n) is 19.9. The Hall–Kier alpha value is 2.18. The van der Waals surface area contributed by atoms with E-state index in [1.54, 1.807) is 7.11 Å². The van der Waals surface area contributed by atoms with Crippen LogP contribution in [0.25, 0.3) is 0 Å². The third-order valence-electron chi connectivity index (χ3n) is 9.65. The van der Waals surface area contributed by atoms with E-state index >= 15 is 0 Å². The van der Waals surface area contributed by atoms with E-state index in [-0.39, 0.29) is 6.61 Å². The molecule has 3 rings (SSSR count). The zero-order valence-electron chi connectivity index (χ0n) is 32.1. The molecule has 1 heterocycles. The van der Waals surface area contributed by atoms with E-state index in [9.17, 15) is 10.2 Å². The van der Waals surface area contributed by atoms with Crippen molar-refractivity contribution < 1.29 is 38.6 Å². The summed E-state index contributed by atoms with van der Waals surface area (Å²) in [6, 6.07) is 8.64. The highest BCUT2D eigenvalue weighted by Gasteiger charge is 2.46. The molecule has 2 N–H and O–H groups in total. The van der Waals surface area contributed by atoms with Crippen molar-refractivity contribution in [2.45, 2.75) is 146 Å². The molecule has 5 atom stereocenters. The van der Waals surface area contributed by atoms with Crippen molar-refractivity contribution >= 4 is 136 Å². The molecule has 0 aromatic heterocycles. The molecule has 5 unspecified atom stereocenters. The fourth-order valence-electron chi connectivity index (χ4n) is 6.60. The molecule has 314 valence electrons. The van der Waals surface area contributed by atoms with Crippen LogP contribution in [-0.2, 0) is 18.9 Å². The van der Waals surface area contributed by atoms with Gasteiger partial charge in [0, 0.05) is 27.5 Å². The van der Waals surface area contributed by atoms with Gasteiger partial charge >= 0.3 is 0 Å². The van der Waals surface area contributed by atoms with E-state index in [2.05, 4.69) is 160 Å². The van der Waals surface area contributed by atoms with Crippen molar-refractivity contribution in [3.8, 4) is 11.5 Å². The molecule has 1 fully saturated rings. The summed E-state index contributed by atoms with van der Waals surface area (Å²) in [5, 5.41) is 20.8. The summed E-state index contributed by atoms with van der Waals surface area (Å²) in [5.74, 6) is 2.04. The first kappa shape index (κ1) is 51.5. The van der Waals surface area contributed by atoms with E-state index in [4.69, 9.17) is 28.4 Å². The van der Waals surface area contributed by atoms with Gasteiger partial charge in [-0.25, -0.2) is 0 Å². The topological polar surface area (TPSA) is 95.8 Å². The van der Waals surface area contributed by atoms with Crippen molar-refractivity contribution in [1.82, 2.24) is 0 Å². The van der Waals surface area contributed by atoms with Gasteiger partial charge < -0.3 is 38.6 Å². The van der Waals surface area contributed by atoms with Gasteiger partial charge in [-0.15, -0.1) is 0 Å². The maximum atomic E-state index is 11.0. The van der Waals surface area contributed by atoms with Crippen LogP contribution < -0.4 is 9.47 Å². The predicted octanol–water partition coefficient (Wildman–Crippen LogP) is 12.3. The largest absolute Gasteiger partial charge is 0.491 e. The van der Waals surface area contributed by atoms with E-state index in [0.29, 0.717) is 13.2 Å². The van der Waals surface area contributed by atoms with Crippen LogP contribution in [-0.4, -0.2) is 81.1 Å². The van der Waals surface area contributed by atoms with Crippen molar-refractivity contribution in [1.29, 1.82) is 0 Å². The molecule has 0 bridgehead atoms. The minimum Gasteiger partial charge on any atom is -0.491 e. The average molecular weight is 1440 g/mol. The third-order valence-corrected chi connectivity index (χ3v) is 14.1. The maximum absolute atomic E-state index is 11.0. The monoisotopic (exact) mass is 1440 g/mol. The number of aliphatic hydroxyl groups is 2. The Labute approximate surface area is 412 Å². The van der Waals surface area contributed by atoms with Crippen LogP contribution in [0.1, 0.15) is 116 Å². The first-order valence-corrected chi connectivity index (χ1v) is 26.4. The van der Waals surface area contributed by atoms with E-state index in [1.165, 1.54) is 98.5 Å². The number of halogens is 6. The Morgan fingerprint density at radius 3 is 1.18 bits per heavy atom. The quantitative estimate of drug-likeness (QED) is 0.0590. The van der Waals surface area contributed by atoms with E-state index in [0.717, 1.165) is 63.2 Å². The number of hydrogen-bond donors (Lipinski definition) is 2. The average Bonchev–Trinajstić information content (AvgIpc) is 3.14. The molecule has 0 spiro atoms. The molecule has 2 aromatic rings. The smallest absolute Gasteiger partial charge is 0.186 e. The lowest BCUT2D eigenvalue weighted by atomic mass is 9.98. The Kier molecular flexibility index (Phi) is 29.1. The lowest BCUT2D eigenvalue weighted by Crippen LogP contribution is -2.60. The van der Waals surface area contributed by atoms with Gasteiger partial charge in [-0.3, -0.25) is 0 Å². The van der Waals surface area contributed by atoms with Gasteiger partial charge in [0.1, 0.15) is 35.9 Å². The molecule has 1 aliphatic rings. The van der Waals surface area contributed by atoms with Crippen LogP contribution in [0.3, 0.4) is 0 Å². The standard InChI is InChI=1S/C41H60I6O8/c1-50-41-40(54-23-19-15-11-7-3-5-9-13-17-21-52-38-33(46)26-30(43)27-34(38)47)39(36(49)35(28-48)55-41)53-22-18-14-10-6-2-4-8-12-16-20-51-37-31(44)24-29(42)25-32(37)45/h24-27,35-36,39-41,48-49H,2-23,28H2,1H3. The lowest BCUT2D eigenvalue weighted by Gasteiger charge is -2.43. The third kappa shape index (κ3) is 20.3. The zero-order valence-corrected chi connectivity index (χ0v) is 45.0. The Balaban J connectivity index is 1.20. The fraction of sp³-hybridized carbons (Fsp3) is 0.707. The lowest BCUT2D eigenvalue weighted by molar-refractivity contribution is -0.310. The second-order valence-electron chi connectivity index (χ2n) is 14.1. The number of rotatable bonds is 30. The van der Waals surface area contributed by atoms with Crippen molar-refractivity contribution in [2.75, 3.05) is 40.1 Å². The van der Waals surface area contributed by atoms with Crippen LogP contribution in [0.15, 0.2) is 24.3 Å².